The molecule has 1 saturated carbocycles. The van der Waals surface area contributed by atoms with Crippen molar-refractivity contribution in [3.05, 3.63) is 35.7 Å². The Bertz CT molecular complexity index is 818. The van der Waals surface area contributed by atoms with E-state index in [1.54, 1.807) is 6.20 Å². The van der Waals surface area contributed by atoms with E-state index in [0.29, 0.717) is 24.0 Å². The quantitative estimate of drug-likeness (QED) is 0.598. The second kappa shape index (κ2) is 6.62. The molecule has 2 aromatic rings. The third kappa shape index (κ3) is 3.32. The summed E-state index contributed by atoms with van der Waals surface area (Å²) in [4.78, 5) is 17.6. The molecule has 2 aromatic heterocycles. The highest BCUT2D eigenvalue weighted by Gasteiger charge is 2.28. The number of carbonyl (C=O) groups is 1. The fraction of sp³-hybridized carbons (Fsp3) is 0.550. The number of carbonyl (C=O) groups excluding carboxylic acids is 1. The van der Waals surface area contributed by atoms with Gasteiger partial charge in [-0.15, -0.1) is 0 Å². The molecule has 2 heterocycles. The van der Waals surface area contributed by atoms with Gasteiger partial charge in [0.1, 0.15) is 0 Å². The minimum Gasteiger partial charge on any atom is -0.462 e. The number of pyridine rings is 1. The van der Waals surface area contributed by atoms with Gasteiger partial charge in [0, 0.05) is 17.7 Å². The summed E-state index contributed by atoms with van der Waals surface area (Å²) >= 11 is 0. The van der Waals surface area contributed by atoms with Crippen molar-refractivity contribution in [2.24, 2.45) is 5.92 Å². The number of aromatic nitrogens is 3. The fourth-order valence-corrected chi connectivity index (χ4v) is 3.45. The molecule has 0 bridgehead atoms. The predicted molar refractivity (Wildman–Crippen MR) is 96.7 cm³/mol. The third-order valence-electron chi connectivity index (χ3n) is 5.12. The van der Waals surface area contributed by atoms with Crippen LogP contribution in [-0.4, -0.2) is 27.3 Å². The van der Waals surface area contributed by atoms with Crippen molar-refractivity contribution in [2.75, 3.05) is 6.61 Å². The Morgan fingerprint density at radius 2 is 2.16 bits per heavy atom. The van der Waals surface area contributed by atoms with Crippen molar-refractivity contribution in [1.29, 1.82) is 0 Å². The molecule has 5 heteroatoms. The second-order valence-corrected chi connectivity index (χ2v) is 7.54. The molecule has 25 heavy (non-hydrogen) atoms. The van der Waals surface area contributed by atoms with Crippen molar-refractivity contribution in [3.8, 4) is 0 Å². The topological polar surface area (TPSA) is 57.0 Å². The molecular formula is C20H25N3O2. The van der Waals surface area contributed by atoms with Gasteiger partial charge in [-0.2, -0.15) is 5.10 Å². The summed E-state index contributed by atoms with van der Waals surface area (Å²) in [5.41, 5.74) is 2.42. The van der Waals surface area contributed by atoms with Crippen molar-refractivity contribution in [3.63, 3.8) is 0 Å². The number of hydrogen-bond donors (Lipinski definition) is 0. The molecule has 0 aromatic carbocycles. The zero-order valence-corrected chi connectivity index (χ0v) is 14.9. The number of nitrogens with zero attached hydrogens (tertiary/aromatic N) is 3. The number of rotatable bonds is 5. The first kappa shape index (κ1) is 16.3. The molecule has 132 valence electrons. The van der Waals surface area contributed by atoms with Crippen LogP contribution in [-0.2, 0) is 4.74 Å². The molecule has 2 aliphatic carbocycles. The Balaban J connectivity index is 1.62. The summed E-state index contributed by atoms with van der Waals surface area (Å²) in [5.74, 6) is 0.676. The van der Waals surface area contributed by atoms with E-state index in [4.69, 9.17) is 9.72 Å². The summed E-state index contributed by atoms with van der Waals surface area (Å²) in [6, 6.07) is 2.13. The van der Waals surface area contributed by atoms with Crippen LogP contribution in [0.5, 0.6) is 0 Å². The van der Waals surface area contributed by atoms with E-state index in [1.165, 1.54) is 0 Å². The first-order valence-corrected chi connectivity index (χ1v) is 9.33. The van der Waals surface area contributed by atoms with E-state index in [-0.39, 0.29) is 12.0 Å². The molecular weight excluding hydrogens is 314 g/mol. The summed E-state index contributed by atoms with van der Waals surface area (Å²) in [6.07, 6.45) is 11.6. The minimum atomic E-state index is -0.243. The van der Waals surface area contributed by atoms with Gasteiger partial charge in [0.15, 0.2) is 5.65 Å². The summed E-state index contributed by atoms with van der Waals surface area (Å²) in [6.45, 7) is 4.64. The zero-order valence-electron chi connectivity index (χ0n) is 14.9. The lowest BCUT2D eigenvalue weighted by molar-refractivity contribution is 0.0434. The maximum absolute atomic E-state index is 12.8. The van der Waals surface area contributed by atoms with E-state index < -0.39 is 0 Å². The van der Waals surface area contributed by atoms with Crippen LogP contribution < -0.4 is 0 Å². The van der Waals surface area contributed by atoms with Gasteiger partial charge in [0.25, 0.3) is 0 Å². The van der Waals surface area contributed by atoms with Crippen LogP contribution in [0.15, 0.2) is 24.4 Å². The van der Waals surface area contributed by atoms with Gasteiger partial charge >= 0.3 is 5.97 Å². The summed E-state index contributed by atoms with van der Waals surface area (Å²) in [7, 11) is 0. The van der Waals surface area contributed by atoms with Crippen molar-refractivity contribution in [2.45, 2.75) is 57.9 Å². The highest BCUT2D eigenvalue weighted by molar-refractivity contribution is 6.02. The van der Waals surface area contributed by atoms with Crippen LogP contribution in [0.3, 0.4) is 0 Å². The van der Waals surface area contributed by atoms with Crippen molar-refractivity contribution in [1.82, 2.24) is 14.8 Å². The molecule has 1 fully saturated rings. The standard InChI is InChI=1S/C20H25N3O2/c1-13(2)23-19-17(11-21-23)16(10-18(22-19)15-8-9-15)20(24)25-12-14-6-4-3-5-7-14/h3-4,10-11,13-15H,5-9,12H2,1-2H3. The normalized spacial score (nSPS) is 20.4. The van der Waals surface area contributed by atoms with Crippen LogP contribution >= 0.6 is 0 Å². The minimum absolute atomic E-state index is 0.206. The lowest BCUT2D eigenvalue weighted by atomic mass is 9.95. The number of ether oxygens (including phenoxy) is 1. The fourth-order valence-electron chi connectivity index (χ4n) is 3.45. The molecule has 0 N–H and O–H groups in total. The molecule has 2 aliphatic rings. The van der Waals surface area contributed by atoms with Gasteiger partial charge in [0.05, 0.1) is 23.8 Å². The number of fused-ring (bicyclic) bond motifs is 1. The van der Waals surface area contributed by atoms with E-state index in [9.17, 15) is 4.79 Å². The van der Waals surface area contributed by atoms with E-state index in [0.717, 1.165) is 48.8 Å². The smallest absolute Gasteiger partial charge is 0.339 e. The van der Waals surface area contributed by atoms with Gasteiger partial charge in [-0.25, -0.2) is 14.5 Å². The molecule has 4 rings (SSSR count). The molecule has 0 spiro atoms. The van der Waals surface area contributed by atoms with Gasteiger partial charge in [0.2, 0.25) is 0 Å². The van der Waals surface area contributed by atoms with Crippen LogP contribution in [0.4, 0.5) is 0 Å². The Labute approximate surface area is 148 Å². The maximum atomic E-state index is 12.8. The lowest BCUT2D eigenvalue weighted by Gasteiger charge is -2.17. The number of esters is 1. The van der Waals surface area contributed by atoms with E-state index in [2.05, 4.69) is 31.1 Å². The lowest BCUT2D eigenvalue weighted by Crippen LogP contribution is -2.16. The summed E-state index contributed by atoms with van der Waals surface area (Å²) < 4.78 is 7.56. The second-order valence-electron chi connectivity index (χ2n) is 7.54. The van der Waals surface area contributed by atoms with Gasteiger partial charge in [-0.3, -0.25) is 0 Å². The molecule has 0 radical (unpaired) electrons. The molecule has 0 aliphatic heterocycles. The average molecular weight is 339 g/mol. The molecule has 0 saturated heterocycles. The van der Waals surface area contributed by atoms with Crippen molar-refractivity contribution >= 4 is 17.0 Å². The Morgan fingerprint density at radius 3 is 2.84 bits per heavy atom. The molecule has 1 atom stereocenters. The van der Waals surface area contributed by atoms with E-state index in [1.807, 2.05) is 10.7 Å². The van der Waals surface area contributed by atoms with Crippen LogP contribution in [0.1, 0.15) is 74.0 Å². The average Bonchev–Trinajstić information content (AvgIpc) is 3.38. The SMILES string of the molecule is CC(C)n1ncc2c(C(=O)OCC3CC=CCC3)cc(C3CC3)nc21. The Morgan fingerprint density at radius 1 is 1.32 bits per heavy atom. The van der Waals surface area contributed by atoms with Gasteiger partial charge in [-0.05, 0) is 57.9 Å². The summed E-state index contributed by atoms with van der Waals surface area (Å²) in [5, 5.41) is 5.24. The molecule has 0 amide bonds. The third-order valence-corrected chi connectivity index (χ3v) is 5.12. The molecule has 1 unspecified atom stereocenters. The van der Waals surface area contributed by atoms with E-state index >= 15 is 0 Å². The van der Waals surface area contributed by atoms with Crippen molar-refractivity contribution < 1.29 is 9.53 Å². The van der Waals surface area contributed by atoms with Crippen LogP contribution in [0, 0.1) is 5.92 Å². The van der Waals surface area contributed by atoms with Crippen LogP contribution in [0.25, 0.3) is 11.0 Å². The zero-order chi connectivity index (χ0) is 17.4. The Hall–Kier alpha value is -2.17. The van der Waals surface area contributed by atoms with Crippen LogP contribution in [0.2, 0.25) is 0 Å². The highest BCUT2D eigenvalue weighted by atomic mass is 16.5. The number of allylic oxidation sites excluding steroid dienone is 2. The number of hydrogen-bond acceptors (Lipinski definition) is 4. The predicted octanol–water partition coefficient (Wildman–Crippen LogP) is 4.40. The first-order chi connectivity index (χ1) is 12.1. The molecule has 5 nitrogen and oxygen atoms in total. The van der Waals surface area contributed by atoms with Gasteiger partial charge in [-0.1, -0.05) is 12.2 Å². The first-order valence-electron chi connectivity index (χ1n) is 9.33. The highest BCUT2D eigenvalue weighted by Crippen LogP contribution is 2.40. The monoisotopic (exact) mass is 339 g/mol. The van der Waals surface area contributed by atoms with Gasteiger partial charge < -0.3 is 4.74 Å². The maximum Gasteiger partial charge on any atom is 0.339 e. The Kier molecular flexibility index (Phi) is 4.32. The largest absolute Gasteiger partial charge is 0.462 e.